The van der Waals surface area contributed by atoms with Crippen molar-refractivity contribution in [2.24, 2.45) is 0 Å². The summed E-state index contributed by atoms with van der Waals surface area (Å²) < 4.78 is 1.68. The Morgan fingerprint density at radius 2 is 2.25 bits per heavy atom. The molecular weight excluding hydrogens is 409 g/mol. The Labute approximate surface area is 137 Å². The summed E-state index contributed by atoms with van der Waals surface area (Å²) in [6.07, 6.45) is 0. The lowest BCUT2D eigenvalue weighted by molar-refractivity contribution is 0.955. The first-order valence-electron chi connectivity index (χ1n) is 5.79. The molecule has 0 fully saturated rings. The van der Waals surface area contributed by atoms with Crippen LogP contribution in [0.15, 0.2) is 34.4 Å². The van der Waals surface area contributed by atoms with Crippen molar-refractivity contribution in [2.75, 3.05) is 5.32 Å². The second-order valence-corrected chi connectivity index (χ2v) is 6.64. The monoisotopic (exact) mass is 417 g/mol. The van der Waals surface area contributed by atoms with Gasteiger partial charge in [0.25, 0.3) is 5.56 Å². The topological polar surface area (TPSA) is 57.8 Å². The zero-order valence-corrected chi connectivity index (χ0v) is 13.8. The van der Waals surface area contributed by atoms with Gasteiger partial charge in [-0.2, -0.15) is 0 Å². The molecule has 0 aliphatic rings. The van der Waals surface area contributed by atoms with E-state index in [0.29, 0.717) is 22.1 Å². The van der Waals surface area contributed by atoms with Gasteiger partial charge in [-0.1, -0.05) is 11.6 Å². The van der Waals surface area contributed by atoms with Crippen LogP contribution in [0.25, 0.3) is 10.2 Å². The molecule has 0 spiro atoms. The molecule has 0 atom stereocenters. The van der Waals surface area contributed by atoms with Crippen LogP contribution in [-0.2, 0) is 6.54 Å². The van der Waals surface area contributed by atoms with Crippen LogP contribution >= 0.6 is 45.5 Å². The normalized spacial score (nSPS) is 10.9. The first-order chi connectivity index (χ1) is 9.63. The average molecular weight is 418 g/mol. The minimum Gasteiger partial charge on any atom is -0.377 e. The van der Waals surface area contributed by atoms with E-state index in [2.05, 4.69) is 37.9 Å². The number of hydrogen-bond acceptors (Lipinski definition) is 4. The van der Waals surface area contributed by atoms with E-state index in [9.17, 15) is 4.79 Å². The number of fused-ring (bicyclic) bond motifs is 1. The van der Waals surface area contributed by atoms with Crippen LogP contribution in [0.5, 0.6) is 0 Å². The molecule has 4 nitrogen and oxygen atoms in total. The van der Waals surface area contributed by atoms with E-state index >= 15 is 0 Å². The minimum atomic E-state index is -0.0902. The van der Waals surface area contributed by atoms with E-state index in [1.54, 1.807) is 0 Å². The van der Waals surface area contributed by atoms with Crippen LogP contribution in [0, 0.1) is 3.57 Å². The molecule has 0 aliphatic heterocycles. The number of aromatic nitrogens is 2. The molecule has 0 unspecified atom stereocenters. The highest BCUT2D eigenvalue weighted by Gasteiger charge is 2.06. The molecule has 0 radical (unpaired) electrons. The van der Waals surface area contributed by atoms with Gasteiger partial charge in [-0.25, -0.2) is 4.98 Å². The SMILES string of the molecule is O=c1[nH]c(CNc2ccc(Cl)cc2I)nc2ccsc12. The predicted molar refractivity (Wildman–Crippen MR) is 91.7 cm³/mol. The standard InChI is InChI=1S/C13H9ClIN3OS/c14-7-1-2-9(8(15)5-7)16-6-11-17-10-3-4-20-12(10)13(19)18-11/h1-5,16H,6H2,(H,17,18,19). The number of rotatable bonds is 3. The summed E-state index contributed by atoms with van der Waals surface area (Å²) in [5.74, 6) is 0.617. The second kappa shape index (κ2) is 5.71. The minimum absolute atomic E-state index is 0.0902. The van der Waals surface area contributed by atoms with Gasteiger partial charge in [0.15, 0.2) is 0 Å². The van der Waals surface area contributed by atoms with Gasteiger partial charge < -0.3 is 10.3 Å². The van der Waals surface area contributed by atoms with Crippen molar-refractivity contribution in [3.05, 3.63) is 54.4 Å². The van der Waals surface area contributed by atoms with Crippen molar-refractivity contribution >= 4 is 61.4 Å². The fourth-order valence-corrected chi connectivity index (χ4v) is 3.60. The van der Waals surface area contributed by atoms with Gasteiger partial charge in [0.05, 0.1) is 12.1 Å². The van der Waals surface area contributed by atoms with Crippen LogP contribution in [0.2, 0.25) is 5.02 Å². The Balaban J connectivity index is 1.84. The van der Waals surface area contributed by atoms with Gasteiger partial charge >= 0.3 is 0 Å². The quantitative estimate of drug-likeness (QED) is 0.636. The Bertz CT molecular complexity index is 830. The largest absolute Gasteiger partial charge is 0.377 e. The maximum absolute atomic E-state index is 11.9. The number of nitrogens with zero attached hydrogens (tertiary/aromatic N) is 1. The molecule has 1 aromatic carbocycles. The number of H-pyrrole nitrogens is 1. The van der Waals surface area contributed by atoms with Crippen molar-refractivity contribution in [2.45, 2.75) is 6.54 Å². The molecule has 0 bridgehead atoms. The molecule has 0 amide bonds. The summed E-state index contributed by atoms with van der Waals surface area (Å²) in [6, 6.07) is 7.46. The third kappa shape index (κ3) is 2.82. The Morgan fingerprint density at radius 3 is 3.05 bits per heavy atom. The summed E-state index contributed by atoms with van der Waals surface area (Å²) >= 11 is 9.53. The molecule has 102 valence electrons. The summed E-state index contributed by atoms with van der Waals surface area (Å²) in [5.41, 5.74) is 1.61. The Hall–Kier alpha value is -1.12. The summed E-state index contributed by atoms with van der Waals surface area (Å²) in [7, 11) is 0. The van der Waals surface area contributed by atoms with Gasteiger partial charge in [-0.05, 0) is 52.2 Å². The first-order valence-corrected chi connectivity index (χ1v) is 8.12. The summed E-state index contributed by atoms with van der Waals surface area (Å²) in [6.45, 7) is 0.457. The molecule has 7 heteroatoms. The molecule has 0 saturated heterocycles. The van der Waals surface area contributed by atoms with Crippen LogP contribution in [-0.4, -0.2) is 9.97 Å². The zero-order chi connectivity index (χ0) is 14.1. The highest BCUT2D eigenvalue weighted by molar-refractivity contribution is 14.1. The smallest absolute Gasteiger partial charge is 0.268 e. The van der Waals surface area contributed by atoms with E-state index in [4.69, 9.17) is 11.6 Å². The number of nitrogens with one attached hydrogen (secondary N) is 2. The highest BCUT2D eigenvalue weighted by Crippen LogP contribution is 2.22. The molecule has 0 saturated carbocycles. The fourth-order valence-electron chi connectivity index (χ4n) is 1.82. The van der Waals surface area contributed by atoms with Crippen LogP contribution in [0.4, 0.5) is 5.69 Å². The van der Waals surface area contributed by atoms with Crippen molar-refractivity contribution in [1.82, 2.24) is 9.97 Å². The lowest BCUT2D eigenvalue weighted by Crippen LogP contribution is -2.13. The number of benzene rings is 1. The molecule has 3 rings (SSSR count). The van der Waals surface area contributed by atoms with Gasteiger partial charge in [0.1, 0.15) is 10.5 Å². The van der Waals surface area contributed by atoms with Gasteiger partial charge in [-0.3, -0.25) is 4.79 Å². The van der Waals surface area contributed by atoms with Crippen LogP contribution in [0.1, 0.15) is 5.82 Å². The second-order valence-electron chi connectivity index (χ2n) is 4.13. The van der Waals surface area contributed by atoms with Crippen molar-refractivity contribution < 1.29 is 0 Å². The third-order valence-electron chi connectivity index (χ3n) is 2.74. The van der Waals surface area contributed by atoms with Gasteiger partial charge in [0.2, 0.25) is 0 Å². The highest BCUT2D eigenvalue weighted by atomic mass is 127. The van der Waals surface area contributed by atoms with Crippen LogP contribution < -0.4 is 10.9 Å². The number of hydrogen-bond donors (Lipinski definition) is 2. The van der Waals surface area contributed by atoms with Crippen molar-refractivity contribution in [3.8, 4) is 0 Å². The van der Waals surface area contributed by atoms with E-state index in [0.717, 1.165) is 14.8 Å². The number of thiophene rings is 1. The first kappa shape index (κ1) is 13.8. The molecule has 20 heavy (non-hydrogen) atoms. The zero-order valence-electron chi connectivity index (χ0n) is 10.1. The summed E-state index contributed by atoms with van der Waals surface area (Å²) in [4.78, 5) is 19.1. The Morgan fingerprint density at radius 1 is 1.40 bits per heavy atom. The molecular formula is C13H9ClIN3OS. The number of aromatic amines is 1. The number of halogens is 2. The van der Waals surface area contributed by atoms with E-state index < -0.39 is 0 Å². The molecule has 0 aliphatic carbocycles. The van der Waals surface area contributed by atoms with Crippen molar-refractivity contribution in [1.29, 1.82) is 0 Å². The molecule has 2 aromatic heterocycles. The molecule has 3 aromatic rings. The molecule has 2 N–H and O–H groups in total. The molecule has 2 heterocycles. The lowest BCUT2D eigenvalue weighted by Gasteiger charge is -2.08. The van der Waals surface area contributed by atoms with Gasteiger partial charge in [-0.15, -0.1) is 11.3 Å². The summed E-state index contributed by atoms with van der Waals surface area (Å²) in [5, 5.41) is 5.81. The Kier molecular flexibility index (Phi) is 3.95. The fraction of sp³-hybridized carbons (Fsp3) is 0.0769. The third-order valence-corrected chi connectivity index (χ3v) is 4.77. The van der Waals surface area contributed by atoms with E-state index in [1.165, 1.54) is 11.3 Å². The maximum atomic E-state index is 11.9. The predicted octanol–water partition coefficient (Wildman–Crippen LogP) is 3.85. The maximum Gasteiger partial charge on any atom is 0.268 e. The number of anilines is 1. The lowest BCUT2D eigenvalue weighted by atomic mass is 10.3. The van der Waals surface area contributed by atoms with E-state index in [-0.39, 0.29) is 5.56 Å². The van der Waals surface area contributed by atoms with Gasteiger partial charge in [0, 0.05) is 14.3 Å². The average Bonchev–Trinajstić information content (AvgIpc) is 2.86. The van der Waals surface area contributed by atoms with Crippen LogP contribution in [0.3, 0.4) is 0 Å². The van der Waals surface area contributed by atoms with Crippen molar-refractivity contribution in [3.63, 3.8) is 0 Å². The van der Waals surface area contributed by atoms with E-state index in [1.807, 2.05) is 29.6 Å².